The van der Waals surface area contributed by atoms with Crippen molar-refractivity contribution < 1.29 is 9.59 Å². The number of carbonyl (C=O) groups excluding carboxylic acids is 2. The van der Waals surface area contributed by atoms with Gasteiger partial charge in [0.05, 0.1) is 11.4 Å². The van der Waals surface area contributed by atoms with Crippen LogP contribution in [0.4, 0.5) is 11.4 Å². The Labute approximate surface area is 197 Å². The van der Waals surface area contributed by atoms with Crippen LogP contribution in [-0.2, 0) is 7.05 Å². The molecule has 0 saturated carbocycles. The fraction of sp³-hybridized carbons (Fsp3) is 0.148. The van der Waals surface area contributed by atoms with E-state index in [4.69, 9.17) is 0 Å². The number of aryl methyl sites for hydroxylation is 2. The van der Waals surface area contributed by atoms with Crippen molar-refractivity contribution in [1.82, 2.24) is 9.36 Å². The number of nitrogens with zero attached hydrogens (tertiary/aromatic N) is 2. The number of hydrogen-bond acceptors (Lipinski definition) is 3. The minimum atomic E-state index is -0.436. The van der Waals surface area contributed by atoms with E-state index in [0.29, 0.717) is 28.2 Å². The van der Waals surface area contributed by atoms with Crippen LogP contribution in [0.5, 0.6) is 0 Å². The molecule has 4 aromatic rings. The molecule has 172 valence electrons. The van der Waals surface area contributed by atoms with Crippen molar-refractivity contribution in [2.24, 2.45) is 7.05 Å². The van der Waals surface area contributed by atoms with Crippen molar-refractivity contribution in [3.8, 4) is 5.69 Å². The Balaban J connectivity index is 1.57. The van der Waals surface area contributed by atoms with Gasteiger partial charge < -0.3 is 10.6 Å². The maximum Gasteiger partial charge on any atom is 0.295 e. The number of carbonyl (C=O) groups is 2. The topological polar surface area (TPSA) is 85.1 Å². The van der Waals surface area contributed by atoms with Crippen molar-refractivity contribution >= 4 is 23.2 Å². The number of hydrogen-bond donors (Lipinski definition) is 2. The Hall–Kier alpha value is -4.39. The molecule has 2 N–H and O–H groups in total. The van der Waals surface area contributed by atoms with Crippen LogP contribution >= 0.6 is 0 Å². The van der Waals surface area contributed by atoms with Crippen LogP contribution in [-0.4, -0.2) is 21.2 Å². The maximum atomic E-state index is 13.1. The van der Waals surface area contributed by atoms with Gasteiger partial charge in [0.1, 0.15) is 5.69 Å². The normalized spacial score (nSPS) is 10.7. The van der Waals surface area contributed by atoms with Gasteiger partial charge >= 0.3 is 0 Å². The van der Waals surface area contributed by atoms with Gasteiger partial charge in [0.2, 0.25) is 0 Å². The highest BCUT2D eigenvalue weighted by Gasteiger charge is 2.19. The molecule has 0 aliphatic rings. The molecular formula is C27H26N4O3. The summed E-state index contributed by atoms with van der Waals surface area (Å²) in [5.74, 6) is -0.683. The van der Waals surface area contributed by atoms with Crippen LogP contribution in [0, 0.1) is 20.8 Å². The van der Waals surface area contributed by atoms with E-state index in [-0.39, 0.29) is 17.2 Å². The first-order chi connectivity index (χ1) is 16.3. The van der Waals surface area contributed by atoms with Gasteiger partial charge in [-0.2, -0.15) is 0 Å². The third-order valence-electron chi connectivity index (χ3n) is 5.81. The van der Waals surface area contributed by atoms with Crippen LogP contribution in [0.25, 0.3) is 5.69 Å². The van der Waals surface area contributed by atoms with Gasteiger partial charge in [0, 0.05) is 23.9 Å². The summed E-state index contributed by atoms with van der Waals surface area (Å²) < 4.78 is 3.21. The lowest BCUT2D eigenvalue weighted by Gasteiger charge is -2.10. The van der Waals surface area contributed by atoms with E-state index in [1.165, 1.54) is 4.68 Å². The quantitative estimate of drug-likeness (QED) is 0.462. The molecular weight excluding hydrogens is 428 g/mol. The van der Waals surface area contributed by atoms with Crippen molar-refractivity contribution in [1.29, 1.82) is 0 Å². The summed E-state index contributed by atoms with van der Waals surface area (Å²) in [5, 5.41) is 5.60. The number of anilines is 2. The second-order valence-electron chi connectivity index (χ2n) is 8.24. The minimum absolute atomic E-state index is 0.209. The second-order valence-corrected chi connectivity index (χ2v) is 8.24. The first-order valence-electron chi connectivity index (χ1n) is 10.9. The van der Waals surface area contributed by atoms with Crippen LogP contribution in [0.1, 0.15) is 37.5 Å². The third kappa shape index (κ3) is 4.41. The monoisotopic (exact) mass is 454 g/mol. The minimum Gasteiger partial charge on any atom is -0.322 e. The molecule has 0 unspecified atom stereocenters. The Morgan fingerprint density at radius 1 is 0.794 bits per heavy atom. The highest BCUT2D eigenvalue weighted by atomic mass is 16.2. The first-order valence-corrected chi connectivity index (χ1v) is 10.9. The fourth-order valence-corrected chi connectivity index (χ4v) is 3.82. The highest BCUT2D eigenvalue weighted by Crippen LogP contribution is 2.18. The lowest BCUT2D eigenvalue weighted by Crippen LogP contribution is -2.23. The lowest BCUT2D eigenvalue weighted by atomic mass is 10.0. The molecule has 0 aliphatic carbocycles. The summed E-state index contributed by atoms with van der Waals surface area (Å²) in [4.78, 5) is 38.8. The molecule has 0 fully saturated rings. The van der Waals surface area contributed by atoms with E-state index < -0.39 is 5.91 Å². The highest BCUT2D eigenvalue weighted by molar-refractivity contribution is 6.08. The fourth-order valence-electron chi connectivity index (χ4n) is 3.82. The number of nitrogens with one attached hydrogen (secondary N) is 2. The summed E-state index contributed by atoms with van der Waals surface area (Å²) in [6.07, 6.45) is 0. The molecule has 0 radical (unpaired) electrons. The third-order valence-corrected chi connectivity index (χ3v) is 5.81. The van der Waals surface area contributed by atoms with E-state index in [1.807, 2.05) is 62.4 Å². The number of para-hydroxylation sites is 1. The van der Waals surface area contributed by atoms with E-state index in [2.05, 4.69) is 10.6 Å². The Morgan fingerprint density at radius 3 is 2.26 bits per heavy atom. The Bertz CT molecular complexity index is 1450. The Kier molecular flexibility index (Phi) is 6.19. The zero-order valence-corrected chi connectivity index (χ0v) is 19.5. The zero-order chi connectivity index (χ0) is 24.4. The molecule has 4 rings (SSSR count). The summed E-state index contributed by atoms with van der Waals surface area (Å²) >= 11 is 0. The molecule has 3 aromatic carbocycles. The predicted molar refractivity (Wildman–Crippen MR) is 134 cm³/mol. The summed E-state index contributed by atoms with van der Waals surface area (Å²) in [7, 11) is 1.77. The van der Waals surface area contributed by atoms with Crippen molar-refractivity contribution in [2.75, 3.05) is 10.6 Å². The van der Waals surface area contributed by atoms with Gasteiger partial charge in [-0.05, 0) is 62.7 Å². The molecule has 7 heteroatoms. The molecule has 7 nitrogen and oxygen atoms in total. The number of benzene rings is 3. The van der Waals surface area contributed by atoms with Crippen molar-refractivity contribution in [3.05, 3.63) is 111 Å². The van der Waals surface area contributed by atoms with Crippen LogP contribution in [0.2, 0.25) is 0 Å². The van der Waals surface area contributed by atoms with Gasteiger partial charge in [0.15, 0.2) is 0 Å². The number of amides is 2. The van der Waals surface area contributed by atoms with Gasteiger partial charge in [-0.15, -0.1) is 0 Å². The van der Waals surface area contributed by atoms with E-state index in [1.54, 1.807) is 42.9 Å². The molecule has 0 atom stereocenters. The van der Waals surface area contributed by atoms with Crippen LogP contribution in [0.15, 0.2) is 77.6 Å². The van der Waals surface area contributed by atoms with E-state index in [9.17, 15) is 14.4 Å². The molecule has 0 bridgehead atoms. The molecule has 0 spiro atoms. The summed E-state index contributed by atoms with van der Waals surface area (Å²) in [6.45, 7) is 5.58. The molecule has 1 aromatic heterocycles. The van der Waals surface area contributed by atoms with Crippen molar-refractivity contribution in [2.45, 2.75) is 20.8 Å². The number of rotatable bonds is 5. The standard InChI is InChI=1S/C27H26N4O3/c1-17-13-14-18(2)23(15-17)26(33)28-21-10-8-9-20(16-21)25(32)29-24-19(3)30(4)31(27(24)34)22-11-6-5-7-12-22/h5-16H,1-4H3,(H,28,33)(H,29,32). The lowest BCUT2D eigenvalue weighted by molar-refractivity contribution is 0.101. The molecule has 0 aliphatic heterocycles. The first kappa shape index (κ1) is 22.8. The van der Waals surface area contributed by atoms with Gasteiger partial charge in [-0.3, -0.25) is 19.1 Å². The smallest absolute Gasteiger partial charge is 0.295 e. The average Bonchev–Trinajstić information content (AvgIpc) is 3.04. The number of aromatic nitrogens is 2. The van der Waals surface area contributed by atoms with Gasteiger partial charge in [-0.1, -0.05) is 42.0 Å². The zero-order valence-electron chi connectivity index (χ0n) is 19.5. The Morgan fingerprint density at radius 2 is 1.53 bits per heavy atom. The van der Waals surface area contributed by atoms with Gasteiger partial charge in [0.25, 0.3) is 17.4 Å². The largest absolute Gasteiger partial charge is 0.322 e. The predicted octanol–water partition coefficient (Wildman–Crippen LogP) is 4.61. The van der Waals surface area contributed by atoms with E-state index >= 15 is 0 Å². The average molecular weight is 455 g/mol. The summed E-state index contributed by atoms with van der Waals surface area (Å²) in [5.41, 5.74) is 4.47. The molecule has 0 saturated heterocycles. The molecule has 2 amide bonds. The second kappa shape index (κ2) is 9.23. The summed E-state index contributed by atoms with van der Waals surface area (Å²) in [6, 6.07) is 21.5. The maximum absolute atomic E-state index is 13.1. The molecule has 34 heavy (non-hydrogen) atoms. The van der Waals surface area contributed by atoms with Crippen LogP contribution < -0.4 is 16.2 Å². The van der Waals surface area contributed by atoms with Crippen molar-refractivity contribution in [3.63, 3.8) is 0 Å². The molecule has 1 heterocycles. The van der Waals surface area contributed by atoms with Gasteiger partial charge in [-0.25, -0.2) is 4.68 Å². The van der Waals surface area contributed by atoms with E-state index in [0.717, 1.165) is 11.1 Å². The van der Waals surface area contributed by atoms with Crippen LogP contribution in [0.3, 0.4) is 0 Å². The SMILES string of the molecule is Cc1ccc(C)c(C(=O)Nc2cccc(C(=O)Nc3c(C)n(C)n(-c4ccccc4)c3=O)c2)c1.